The van der Waals surface area contributed by atoms with Crippen molar-refractivity contribution in [1.29, 1.82) is 0 Å². The van der Waals surface area contributed by atoms with E-state index in [9.17, 15) is 8.42 Å². The van der Waals surface area contributed by atoms with Gasteiger partial charge in [0.15, 0.2) is 0 Å². The number of rotatable bonds is 7. The summed E-state index contributed by atoms with van der Waals surface area (Å²) in [5.74, 6) is 1.55. The van der Waals surface area contributed by atoms with Gasteiger partial charge in [0.25, 0.3) is 0 Å². The summed E-state index contributed by atoms with van der Waals surface area (Å²) in [5, 5.41) is 0.268. The number of hydrogen-bond acceptors (Lipinski definition) is 5. The third-order valence-corrected chi connectivity index (χ3v) is 7.61. The highest BCUT2D eigenvalue weighted by molar-refractivity contribution is 8.01. The van der Waals surface area contributed by atoms with Crippen LogP contribution in [0.2, 0.25) is 5.02 Å². The number of hydrogen-bond donors (Lipinski definition) is 0. The van der Waals surface area contributed by atoms with Crippen LogP contribution in [-0.2, 0) is 10.0 Å². The van der Waals surface area contributed by atoms with Crippen molar-refractivity contribution in [3.05, 3.63) is 53.1 Å². The maximum Gasteiger partial charge on any atom is 0.248 e. The Balaban J connectivity index is 2.03. The Hall–Kier alpha value is -1.41. The Morgan fingerprint density at radius 3 is 2.63 bits per heavy atom. The van der Waals surface area contributed by atoms with Gasteiger partial charge in [-0.2, -0.15) is 4.31 Å². The molecule has 0 N–H and O–H groups in total. The first-order chi connectivity index (χ1) is 13.0. The zero-order chi connectivity index (χ0) is 19.4. The maximum atomic E-state index is 13.5. The summed E-state index contributed by atoms with van der Waals surface area (Å²) in [6.07, 6.45) is 0. The quantitative estimate of drug-likeness (QED) is 0.647. The van der Waals surface area contributed by atoms with Gasteiger partial charge in [-0.15, -0.1) is 11.8 Å². The van der Waals surface area contributed by atoms with Crippen molar-refractivity contribution in [3.63, 3.8) is 0 Å². The van der Waals surface area contributed by atoms with Crippen molar-refractivity contribution in [2.75, 3.05) is 25.5 Å². The molecule has 0 aromatic heterocycles. The van der Waals surface area contributed by atoms with Crippen LogP contribution in [-0.4, -0.2) is 38.2 Å². The molecule has 8 heteroatoms. The molecule has 0 aliphatic carbocycles. The van der Waals surface area contributed by atoms with E-state index in [4.69, 9.17) is 21.1 Å². The molecule has 27 heavy (non-hydrogen) atoms. The van der Waals surface area contributed by atoms with Gasteiger partial charge in [-0.1, -0.05) is 23.7 Å². The Morgan fingerprint density at radius 1 is 1.15 bits per heavy atom. The van der Waals surface area contributed by atoms with Gasteiger partial charge in [0.1, 0.15) is 16.4 Å². The van der Waals surface area contributed by atoms with Crippen molar-refractivity contribution in [3.8, 4) is 11.5 Å². The van der Waals surface area contributed by atoms with Crippen LogP contribution in [0.1, 0.15) is 24.8 Å². The van der Waals surface area contributed by atoms with Gasteiger partial charge in [0.05, 0.1) is 18.6 Å². The normalized spacial score (nSPS) is 17.8. The second-order valence-corrected chi connectivity index (χ2v) is 9.35. The van der Waals surface area contributed by atoms with Gasteiger partial charge in [-0.3, -0.25) is 0 Å². The van der Waals surface area contributed by atoms with Gasteiger partial charge < -0.3 is 9.47 Å². The Labute approximate surface area is 169 Å². The van der Waals surface area contributed by atoms with Gasteiger partial charge >= 0.3 is 0 Å². The molecular weight excluding hydrogens is 406 g/mol. The lowest BCUT2D eigenvalue weighted by molar-refractivity contribution is 0.320. The number of nitrogens with zero attached hydrogens (tertiary/aromatic N) is 1. The molecule has 1 unspecified atom stereocenters. The molecule has 0 amide bonds. The molecule has 3 rings (SSSR count). The monoisotopic (exact) mass is 427 g/mol. The fourth-order valence-electron chi connectivity index (χ4n) is 2.97. The molecule has 1 saturated heterocycles. The predicted octanol–water partition coefficient (Wildman–Crippen LogP) is 4.57. The highest BCUT2D eigenvalue weighted by atomic mass is 35.5. The van der Waals surface area contributed by atoms with Crippen molar-refractivity contribution >= 4 is 33.4 Å². The average molecular weight is 428 g/mol. The van der Waals surface area contributed by atoms with Crippen LogP contribution in [0.3, 0.4) is 0 Å². The Kier molecular flexibility index (Phi) is 6.57. The lowest BCUT2D eigenvalue weighted by Gasteiger charge is -2.25. The summed E-state index contributed by atoms with van der Waals surface area (Å²) in [5.41, 5.74) is 0.868. The van der Waals surface area contributed by atoms with Crippen LogP contribution in [0.5, 0.6) is 11.5 Å². The molecule has 1 heterocycles. The minimum absolute atomic E-state index is 0.129. The fourth-order valence-corrected chi connectivity index (χ4v) is 6.55. The van der Waals surface area contributed by atoms with E-state index in [-0.39, 0.29) is 10.3 Å². The van der Waals surface area contributed by atoms with Gasteiger partial charge in [-0.05, 0) is 43.7 Å². The fraction of sp³-hybridized carbons (Fsp3) is 0.368. The molecule has 0 spiro atoms. The van der Waals surface area contributed by atoms with E-state index in [1.807, 2.05) is 32.0 Å². The summed E-state index contributed by atoms with van der Waals surface area (Å²) in [6.45, 7) is 4.94. The van der Waals surface area contributed by atoms with Crippen LogP contribution < -0.4 is 9.47 Å². The molecule has 5 nitrogen and oxygen atoms in total. The number of thioether (sulfide) groups is 1. The van der Waals surface area contributed by atoms with Crippen LogP contribution in [0.25, 0.3) is 0 Å². The number of ether oxygens (including phenoxy) is 2. The van der Waals surface area contributed by atoms with Gasteiger partial charge in [0.2, 0.25) is 10.0 Å². The molecule has 0 bridgehead atoms. The Bertz CT molecular complexity index is 904. The summed E-state index contributed by atoms with van der Waals surface area (Å²) < 4.78 is 39.6. The molecular formula is C19H22ClNO4S2. The molecule has 1 aliphatic rings. The van der Waals surface area contributed by atoms with E-state index in [1.165, 1.54) is 4.31 Å². The van der Waals surface area contributed by atoms with Gasteiger partial charge in [-0.25, -0.2) is 8.42 Å². The average Bonchev–Trinajstić information content (AvgIpc) is 3.14. The van der Waals surface area contributed by atoms with E-state index >= 15 is 0 Å². The third-order valence-electron chi connectivity index (χ3n) is 4.10. The number of sulfonamides is 1. The summed E-state index contributed by atoms with van der Waals surface area (Å²) >= 11 is 7.69. The summed E-state index contributed by atoms with van der Waals surface area (Å²) in [6, 6.07) is 12.2. The van der Waals surface area contributed by atoms with E-state index in [0.29, 0.717) is 42.0 Å². The van der Waals surface area contributed by atoms with Crippen LogP contribution in [0, 0.1) is 0 Å². The molecule has 0 radical (unpaired) electrons. The van der Waals surface area contributed by atoms with E-state index in [2.05, 4.69) is 0 Å². The molecule has 2 aromatic carbocycles. The van der Waals surface area contributed by atoms with Crippen molar-refractivity contribution < 1.29 is 17.9 Å². The summed E-state index contributed by atoms with van der Waals surface area (Å²) in [7, 11) is -3.78. The molecule has 1 atom stereocenters. The molecule has 1 aliphatic heterocycles. The predicted molar refractivity (Wildman–Crippen MR) is 109 cm³/mol. The standard InChI is InChI=1S/C19H22ClNO4S2/c1-3-24-16-8-9-17(25-4-2)18(13-16)27(22,23)21-10-11-26-19(21)14-6-5-7-15(20)12-14/h5-9,12-13,19H,3-4,10-11H2,1-2H3. The zero-order valence-electron chi connectivity index (χ0n) is 15.2. The highest BCUT2D eigenvalue weighted by Crippen LogP contribution is 2.43. The third kappa shape index (κ3) is 4.37. The number of benzene rings is 2. The van der Waals surface area contributed by atoms with Crippen LogP contribution in [0.4, 0.5) is 0 Å². The maximum absolute atomic E-state index is 13.5. The van der Waals surface area contributed by atoms with Crippen molar-refractivity contribution in [1.82, 2.24) is 4.31 Å². The largest absolute Gasteiger partial charge is 0.494 e. The van der Waals surface area contributed by atoms with Crippen molar-refractivity contribution in [2.24, 2.45) is 0 Å². The van der Waals surface area contributed by atoms with E-state index < -0.39 is 10.0 Å². The minimum atomic E-state index is -3.78. The highest BCUT2D eigenvalue weighted by Gasteiger charge is 2.38. The summed E-state index contributed by atoms with van der Waals surface area (Å²) in [4.78, 5) is 0.129. The van der Waals surface area contributed by atoms with Crippen LogP contribution >= 0.6 is 23.4 Å². The van der Waals surface area contributed by atoms with E-state index in [0.717, 1.165) is 5.56 Å². The molecule has 2 aromatic rings. The molecule has 1 fully saturated rings. The van der Waals surface area contributed by atoms with Crippen molar-refractivity contribution in [2.45, 2.75) is 24.1 Å². The number of halogens is 1. The van der Waals surface area contributed by atoms with Crippen LogP contribution in [0.15, 0.2) is 47.4 Å². The lowest BCUT2D eigenvalue weighted by atomic mass is 10.2. The second-order valence-electron chi connectivity index (χ2n) is 5.87. The second kappa shape index (κ2) is 8.73. The smallest absolute Gasteiger partial charge is 0.248 e. The van der Waals surface area contributed by atoms with Gasteiger partial charge in [0, 0.05) is 23.4 Å². The molecule has 0 saturated carbocycles. The molecule has 146 valence electrons. The lowest BCUT2D eigenvalue weighted by Crippen LogP contribution is -2.31. The first-order valence-electron chi connectivity index (χ1n) is 8.76. The van der Waals surface area contributed by atoms with E-state index in [1.54, 1.807) is 36.0 Å². The SMILES string of the molecule is CCOc1ccc(OCC)c(S(=O)(=O)N2CCSC2c2cccc(Cl)c2)c1. The Morgan fingerprint density at radius 2 is 1.93 bits per heavy atom. The first-order valence-corrected chi connectivity index (χ1v) is 11.6. The zero-order valence-corrected chi connectivity index (χ0v) is 17.6. The minimum Gasteiger partial charge on any atom is -0.494 e. The topological polar surface area (TPSA) is 55.8 Å². The first kappa shape index (κ1) is 20.3.